The number of nitrogens with zero attached hydrogens (tertiary/aromatic N) is 3. The molecule has 0 atom stereocenters. The smallest absolute Gasteiger partial charge is 0.277 e. The molecule has 1 N–H and O–H groups in total. The maximum atomic E-state index is 12.0. The second kappa shape index (κ2) is 8.57. The summed E-state index contributed by atoms with van der Waals surface area (Å²) in [5, 5.41) is 22.1. The van der Waals surface area contributed by atoms with Gasteiger partial charge in [-0.25, -0.2) is 0 Å². The average molecular weight is 402 g/mol. The van der Waals surface area contributed by atoms with Crippen molar-refractivity contribution in [1.29, 1.82) is 5.26 Å². The van der Waals surface area contributed by atoms with Crippen molar-refractivity contribution in [3.05, 3.63) is 35.2 Å². The minimum Gasteiger partial charge on any atom is -0.497 e. The Morgan fingerprint density at radius 2 is 2.04 bits per heavy atom. The number of carbonyl (C=O) groups is 1. The first-order valence-corrected chi connectivity index (χ1v) is 9.46. The number of hydrogen-bond acceptors (Lipinski definition) is 9. The minimum absolute atomic E-state index is 0.0752. The molecule has 10 heteroatoms. The van der Waals surface area contributed by atoms with Gasteiger partial charge >= 0.3 is 0 Å². The molecule has 1 amide bonds. The van der Waals surface area contributed by atoms with Crippen LogP contribution in [0.15, 0.2) is 39.3 Å². The number of anilines is 1. The van der Waals surface area contributed by atoms with Crippen LogP contribution in [-0.4, -0.2) is 36.1 Å². The molecule has 0 saturated carbocycles. The highest BCUT2D eigenvalue weighted by Crippen LogP contribution is 2.30. The standard InChI is InChI=1S/C17H14N4O4S2/c1-23-12-5-11(6-13(7-12)24-2)15-20-21-17(25-15)27-9-14(22)19-16-10(8-18)3-4-26-16/h3-7H,9H2,1-2H3,(H,19,22). The molecule has 0 aliphatic carbocycles. The summed E-state index contributed by atoms with van der Waals surface area (Å²) in [6, 6.07) is 8.91. The lowest BCUT2D eigenvalue weighted by Gasteiger charge is -2.05. The molecule has 0 bridgehead atoms. The summed E-state index contributed by atoms with van der Waals surface area (Å²) in [6.45, 7) is 0. The average Bonchev–Trinajstić information content (AvgIpc) is 3.35. The van der Waals surface area contributed by atoms with Crippen LogP contribution in [0.1, 0.15) is 5.56 Å². The van der Waals surface area contributed by atoms with Crippen LogP contribution in [0, 0.1) is 11.3 Å². The summed E-state index contributed by atoms with van der Waals surface area (Å²) in [5.74, 6) is 1.30. The van der Waals surface area contributed by atoms with E-state index in [0.717, 1.165) is 11.8 Å². The van der Waals surface area contributed by atoms with Crippen molar-refractivity contribution < 1.29 is 18.7 Å². The van der Waals surface area contributed by atoms with Crippen LogP contribution < -0.4 is 14.8 Å². The highest BCUT2D eigenvalue weighted by molar-refractivity contribution is 7.99. The first-order valence-electron chi connectivity index (χ1n) is 7.60. The van der Waals surface area contributed by atoms with Gasteiger partial charge in [-0.05, 0) is 23.6 Å². The van der Waals surface area contributed by atoms with Crippen LogP contribution in [0.25, 0.3) is 11.5 Å². The number of thiophene rings is 1. The molecular formula is C17H14N4O4S2. The van der Waals surface area contributed by atoms with E-state index in [1.54, 1.807) is 43.9 Å². The van der Waals surface area contributed by atoms with Gasteiger partial charge < -0.3 is 19.2 Å². The third-order valence-electron chi connectivity index (χ3n) is 3.37. The SMILES string of the molecule is COc1cc(OC)cc(-c2nnc(SCC(=O)Nc3sccc3C#N)o2)c1. The quantitative estimate of drug-likeness (QED) is 0.599. The summed E-state index contributed by atoms with van der Waals surface area (Å²) in [6.07, 6.45) is 0. The van der Waals surface area contributed by atoms with Crippen molar-refractivity contribution in [2.75, 3.05) is 25.3 Å². The van der Waals surface area contributed by atoms with E-state index < -0.39 is 0 Å². The van der Waals surface area contributed by atoms with Crippen LogP contribution in [-0.2, 0) is 4.79 Å². The van der Waals surface area contributed by atoms with Gasteiger partial charge in [-0.1, -0.05) is 11.8 Å². The Morgan fingerprint density at radius 1 is 1.30 bits per heavy atom. The van der Waals surface area contributed by atoms with E-state index in [1.165, 1.54) is 11.3 Å². The second-order valence-corrected chi connectivity index (χ2v) is 6.93. The molecule has 3 rings (SSSR count). The van der Waals surface area contributed by atoms with E-state index in [4.69, 9.17) is 19.2 Å². The van der Waals surface area contributed by atoms with Crippen molar-refractivity contribution in [1.82, 2.24) is 10.2 Å². The van der Waals surface area contributed by atoms with Crippen molar-refractivity contribution in [3.63, 3.8) is 0 Å². The summed E-state index contributed by atoms with van der Waals surface area (Å²) < 4.78 is 16.0. The van der Waals surface area contributed by atoms with Crippen LogP contribution in [0.4, 0.5) is 5.00 Å². The Kier molecular flexibility index (Phi) is 5.95. The fourth-order valence-corrected chi connectivity index (χ4v) is 3.42. The predicted octanol–water partition coefficient (Wildman–Crippen LogP) is 3.42. The summed E-state index contributed by atoms with van der Waals surface area (Å²) >= 11 is 2.40. The Labute approximate surface area is 163 Å². The van der Waals surface area contributed by atoms with Gasteiger partial charge in [0.2, 0.25) is 11.8 Å². The molecule has 1 aromatic carbocycles. The summed E-state index contributed by atoms with van der Waals surface area (Å²) in [5.41, 5.74) is 1.08. The Hall–Kier alpha value is -3.03. The van der Waals surface area contributed by atoms with E-state index in [1.807, 2.05) is 6.07 Å². The predicted molar refractivity (Wildman–Crippen MR) is 101 cm³/mol. The minimum atomic E-state index is -0.262. The van der Waals surface area contributed by atoms with Crippen LogP contribution in [0.3, 0.4) is 0 Å². The summed E-state index contributed by atoms with van der Waals surface area (Å²) in [7, 11) is 3.11. The number of thioether (sulfide) groups is 1. The molecule has 3 aromatic rings. The van der Waals surface area contributed by atoms with Gasteiger partial charge in [-0.3, -0.25) is 4.79 Å². The fourth-order valence-electron chi connectivity index (χ4n) is 2.10. The van der Waals surface area contributed by atoms with Gasteiger partial charge in [0.25, 0.3) is 5.22 Å². The number of amides is 1. The lowest BCUT2D eigenvalue weighted by Crippen LogP contribution is -2.13. The maximum absolute atomic E-state index is 12.0. The van der Waals surface area contributed by atoms with Gasteiger partial charge in [0.15, 0.2) is 0 Å². The van der Waals surface area contributed by atoms with Crippen LogP contribution >= 0.6 is 23.1 Å². The van der Waals surface area contributed by atoms with Crippen molar-refractivity contribution in [2.45, 2.75) is 5.22 Å². The second-order valence-electron chi connectivity index (χ2n) is 5.09. The van der Waals surface area contributed by atoms with E-state index in [2.05, 4.69) is 15.5 Å². The number of nitriles is 1. The van der Waals surface area contributed by atoms with Gasteiger partial charge in [0, 0.05) is 11.6 Å². The van der Waals surface area contributed by atoms with Gasteiger partial charge in [0.1, 0.15) is 22.6 Å². The highest BCUT2D eigenvalue weighted by atomic mass is 32.2. The third kappa shape index (κ3) is 4.58. The molecule has 0 aliphatic rings. The number of ether oxygens (including phenoxy) is 2. The highest BCUT2D eigenvalue weighted by Gasteiger charge is 2.14. The van der Waals surface area contributed by atoms with E-state index >= 15 is 0 Å². The molecule has 138 valence electrons. The zero-order valence-electron chi connectivity index (χ0n) is 14.4. The van der Waals surface area contributed by atoms with Crippen LogP contribution in [0.5, 0.6) is 11.5 Å². The largest absolute Gasteiger partial charge is 0.497 e. The van der Waals surface area contributed by atoms with Crippen LogP contribution in [0.2, 0.25) is 0 Å². The maximum Gasteiger partial charge on any atom is 0.277 e. The number of hydrogen-bond donors (Lipinski definition) is 1. The Bertz CT molecular complexity index is 971. The Morgan fingerprint density at radius 3 is 2.70 bits per heavy atom. The summed E-state index contributed by atoms with van der Waals surface area (Å²) in [4.78, 5) is 12.0. The number of rotatable bonds is 7. The molecule has 0 saturated heterocycles. The van der Waals surface area contributed by atoms with E-state index in [0.29, 0.717) is 33.5 Å². The molecule has 8 nitrogen and oxygen atoms in total. The molecule has 0 unspecified atom stereocenters. The fraction of sp³-hybridized carbons (Fsp3) is 0.176. The normalized spacial score (nSPS) is 10.3. The first-order chi connectivity index (χ1) is 13.1. The van der Waals surface area contributed by atoms with Gasteiger partial charge in [-0.2, -0.15) is 5.26 Å². The first kappa shape index (κ1) is 18.8. The lowest BCUT2D eigenvalue weighted by atomic mass is 10.2. The molecule has 0 radical (unpaired) electrons. The van der Waals surface area contributed by atoms with Gasteiger partial charge in [0.05, 0.1) is 25.5 Å². The van der Waals surface area contributed by atoms with E-state index in [-0.39, 0.29) is 16.9 Å². The monoisotopic (exact) mass is 402 g/mol. The Balaban J connectivity index is 1.65. The zero-order valence-corrected chi connectivity index (χ0v) is 16.0. The van der Waals surface area contributed by atoms with Gasteiger partial charge in [-0.15, -0.1) is 21.5 Å². The molecule has 2 heterocycles. The van der Waals surface area contributed by atoms with Crippen molar-refractivity contribution in [2.24, 2.45) is 0 Å². The molecule has 2 aromatic heterocycles. The molecular weight excluding hydrogens is 388 g/mol. The number of benzene rings is 1. The number of aromatic nitrogens is 2. The number of carbonyl (C=O) groups excluding carboxylic acids is 1. The molecule has 27 heavy (non-hydrogen) atoms. The molecule has 0 spiro atoms. The molecule has 0 aliphatic heterocycles. The number of methoxy groups -OCH3 is 2. The van der Waals surface area contributed by atoms with E-state index in [9.17, 15) is 4.79 Å². The molecule has 0 fully saturated rings. The zero-order chi connectivity index (χ0) is 19.2. The van der Waals surface area contributed by atoms with Crippen molar-refractivity contribution >= 4 is 34.0 Å². The number of nitrogens with one attached hydrogen (secondary N) is 1. The topological polar surface area (TPSA) is 110 Å². The third-order valence-corrected chi connectivity index (χ3v) is 5.02. The van der Waals surface area contributed by atoms with Crippen molar-refractivity contribution in [3.8, 4) is 29.0 Å². The lowest BCUT2D eigenvalue weighted by molar-refractivity contribution is -0.113.